The summed E-state index contributed by atoms with van der Waals surface area (Å²) in [4.78, 5) is 20.3. The molecule has 0 radical (unpaired) electrons. The third-order valence-corrected chi connectivity index (χ3v) is 4.33. The number of benzene rings is 1. The molecule has 0 spiro atoms. The molecule has 30 heavy (non-hydrogen) atoms. The van der Waals surface area contributed by atoms with Crippen LogP contribution in [0.3, 0.4) is 0 Å². The van der Waals surface area contributed by atoms with Gasteiger partial charge in [0.25, 0.3) is 0 Å². The number of hydrogen-bond donors (Lipinski definition) is 0. The van der Waals surface area contributed by atoms with Gasteiger partial charge in [0.1, 0.15) is 5.82 Å². The first kappa shape index (κ1) is 23.8. The highest BCUT2D eigenvalue weighted by atomic mass is 19.4. The topological polar surface area (TPSA) is 45.7 Å². The minimum Gasteiger partial charge on any atom is -0.378 e. The van der Waals surface area contributed by atoms with E-state index in [2.05, 4.69) is 4.98 Å². The molecule has 0 fully saturated rings. The van der Waals surface area contributed by atoms with Gasteiger partial charge in [-0.1, -0.05) is 12.1 Å². The van der Waals surface area contributed by atoms with Gasteiger partial charge in [0.05, 0.1) is 25.2 Å². The van der Waals surface area contributed by atoms with E-state index in [0.29, 0.717) is 25.8 Å². The third-order valence-electron chi connectivity index (χ3n) is 4.33. The zero-order valence-corrected chi connectivity index (χ0v) is 17.0. The second kappa shape index (κ2) is 11.0. The second-order valence-corrected chi connectivity index (χ2v) is 7.08. The maximum Gasteiger partial charge on any atom is 0.419 e. The van der Waals surface area contributed by atoms with Gasteiger partial charge in [0, 0.05) is 32.0 Å². The van der Waals surface area contributed by atoms with Crippen molar-refractivity contribution in [1.29, 1.82) is 0 Å². The van der Waals surface area contributed by atoms with Crippen LogP contribution in [-0.4, -0.2) is 61.1 Å². The zero-order valence-electron chi connectivity index (χ0n) is 17.0. The number of halogens is 4. The first-order valence-electron chi connectivity index (χ1n) is 9.41. The Kier molecular flexibility index (Phi) is 8.73. The Labute approximate surface area is 173 Å². The van der Waals surface area contributed by atoms with Gasteiger partial charge in [-0.25, -0.2) is 4.39 Å². The highest BCUT2D eigenvalue weighted by Crippen LogP contribution is 2.31. The molecule has 0 aliphatic rings. The molecule has 9 heteroatoms. The molecule has 1 aromatic heterocycles. The van der Waals surface area contributed by atoms with E-state index in [1.165, 1.54) is 4.90 Å². The van der Waals surface area contributed by atoms with Crippen LogP contribution in [0.25, 0.3) is 0 Å². The largest absolute Gasteiger partial charge is 0.419 e. The number of alkyl halides is 3. The lowest BCUT2D eigenvalue weighted by atomic mass is 10.1. The molecule has 0 aliphatic heterocycles. The van der Waals surface area contributed by atoms with Gasteiger partial charge >= 0.3 is 6.18 Å². The first-order chi connectivity index (χ1) is 14.2. The number of amides is 1. The van der Waals surface area contributed by atoms with Crippen molar-refractivity contribution in [3.05, 3.63) is 65.2 Å². The van der Waals surface area contributed by atoms with Gasteiger partial charge in [0.15, 0.2) is 0 Å². The number of rotatable bonds is 10. The molecule has 5 nitrogen and oxygen atoms in total. The van der Waals surface area contributed by atoms with Crippen molar-refractivity contribution in [3.63, 3.8) is 0 Å². The number of aromatic nitrogens is 1. The van der Waals surface area contributed by atoms with E-state index >= 15 is 0 Å². The van der Waals surface area contributed by atoms with Crippen LogP contribution in [0.2, 0.25) is 0 Å². The van der Waals surface area contributed by atoms with Crippen LogP contribution in [0.15, 0.2) is 42.7 Å². The molecule has 164 valence electrons. The first-order valence-corrected chi connectivity index (χ1v) is 9.41. The number of carbonyl (C=O) groups is 1. The standard InChI is InChI=1S/C21H25F4N3O2/c1-27(2)8-10-30-11-9-28(15-17-4-3-7-26-14-17)20(29)13-16-5-6-18(19(22)12-16)21(23,24)25/h3-7,12,14H,8-11,13,15H2,1-2H3. The van der Waals surface area contributed by atoms with Crippen molar-refractivity contribution in [2.75, 3.05) is 40.4 Å². The molecular weight excluding hydrogens is 402 g/mol. The van der Waals surface area contributed by atoms with E-state index in [-0.39, 0.29) is 24.4 Å². The smallest absolute Gasteiger partial charge is 0.378 e. The normalized spacial score (nSPS) is 11.7. The highest BCUT2D eigenvalue weighted by Gasteiger charge is 2.34. The Morgan fingerprint density at radius 1 is 1.10 bits per heavy atom. The summed E-state index contributed by atoms with van der Waals surface area (Å²) in [6.07, 6.45) is -1.74. The molecule has 2 aromatic rings. The zero-order chi connectivity index (χ0) is 22.1. The summed E-state index contributed by atoms with van der Waals surface area (Å²) >= 11 is 0. The summed E-state index contributed by atoms with van der Waals surface area (Å²) in [5, 5.41) is 0. The number of nitrogens with zero attached hydrogens (tertiary/aromatic N) is 3. The Bertz CT molecular complexity index is 814. The second-order valence-electron chi connectivity index (χ2n) is 7.08. The van der Waals surface area contributed by atoms with E-state index in [4.69, 9.17) is 4.74 Å². The lowest BCUT2D eigenvalue weighted by molar-refractivity contribution is -0.140. The van der Waals surface area contributed by atoms with E-state index in [0.717, 1.165) is 24.2 Å². The minimum absolute atomic E-state index is 0.176. The minimum atomic E-state index is -4.77. The fraction of sp³-hybridized carbons (Fsp3) is 0.429. The summed E-state index contributed by atoms with van der Waals surface area (Å²) in [6.45, 7) is 2.12. The molecule has 1 heterocycles. The predicted octanol–water partition coefficient (Wildman–Crippen LogP) is 3.39. The van der Waals surface area contributed by atoms with Crippen LogP contribution in [-0.2, 0) is 28.7 Å². The molecular formula is C21H25F4N3O2. The summed E-state index contributed by atoms with van der Waals surface area (Å²) in [7, 11) is 3.84. The number of ether oxygens (including phenoxy) is 1. The monoisotopic (exact) mass is 427 g/mol. The predicted molar refractivity (Wildman–Crippen MR) is 104 cm³/mol. The van der Waals surface area contributed by atoms with E-state index < -0.39 is 17.6 Å². The Morgan fingerprint density at radius 2 is 1.83 bits per heavy atom. The molecule has 1 aromatic carbocycles. The molecule has 0 saturated carbocycles. The van der Waals surface area contributed by atoms with Crippen LogP contribution in [0.5, 0.6) is 0 Å². The van der Waals surface area contributed by atoms with Gasteiger partial charge in [0.2, 0.25) is 5.91 Å². The molecule has 0 N–H and O–H groups in total. The van der Waals surface area contributed by atoms with Crippen molar-refractivity contribution in [1.82, 2.24) is 14.8 Å². The molecule has 1 amide bonds. The van der Waals surface area contributed by atoms with E-state index in [1.54, 1.807) is 18.5 Å². The number of hydrogen-bond acceptors (Lipinski definition) is 4. The number of pyridine rings is 1. The maximum absolute atomic E-state index is 13.8. The SMILES string of the molecule is CN(C)CCOCCN(Cc1cccnc1)C(=O)Cc1ccc(C(F)(F)F)c(F)c1. The van der Waals surface area contributed by atoms with Crippen molar-refractivity contribution in [2.24, 2.45) is 0 Å². The number of likely N-dealkylation sites (N-methyl/N-ethyl adjacent to an activating group) is 1. The maximum atomic E-state index is 13.8. The molecule has 2 rings (SSSR count). The van der Waals surface area contributed by atoms with Crippen LogP contribution >= 0.6 is 0 Å². The van der Waals surface area contributed by atoms with Gasteiger partial charge in [-0.15, -0.1) is 0 Å². The van der Waals surface area contributed by atoms with Crippen LogP contribution in [0.4, 0.5) is 17.6 Å². The fourth-order valence-corrected chi connectivity index (χ4v) is 2.71. The fourth-order valence-electron chi connectivity index (χ4n) is 2.71. The lowest BCUT2D eigenvalue weighted by Gasteiger charge is -2.23. The average Bonchev–Trinajstić information content (AvgIpc) is 2.66. The Morgan fingerprint density at radius 3 is 2.43 bits per heavy atom. The molecule has 0 unspecified atom stereocenters. The van der Waals surface area contributed by atoms with Crippen molar-refractivity contribution < 1.29 is 27.1 Å². The summed E-state index contributed by atoms with van der Waals surface area (Å²) in [6, 6.07) is 6.11. The highest BCUT2D eigenvalue weighted by molar-refractivity contribution is 5.78. The van der Waals surface area contributed by atoms with Gasteiger partial charge in [-0.05, 0) is 43.4 Å². The molecule has 0 atom stereocenters. The third kappa shape index (κ3) is 7.72. The summed E-state index contributed by atoms with van der Waals surface area (Å²) < 4.78 is 57.6. The quantitative estimate of drug-likeness (QED) is 0.431. The lowest BCUT2D eigenvalue weighted by Crippen LogP contribution is -2.35. The van der Waals surface area contributed by atoms with Crippen molar-refractivity contribution in [2.45, 2.75) is 19.1 Å². The Hall–Kier alpha value is -2.52. The van der Waals surface area contributed by atoms with Crippen LogP contribution < -0.4 is 0 Å². The number of carbonyl (C=O) groups excluding carboxylic acids is 1. The van der Waals surface area contributed by atoms with Gasteiger partial charge < -0.3 is 14.5 Å². The van der Waals surface area contributed by atoms with Crippen LogP contribution in [0, 0.1) is 5.82 Å². The molecule has 0 saturated heterocycles. The molecule has 0 bridgehead atoms. The summed E-state index contributed by atoms with van der Waals surface area (Å²) in [5.74, 6) is -1.73. The molecule has 0 aliphatic carbocycles. The van der Waals surface area contributed by atoms with Crippen molar-refractivity contribution in [3.8, 4) is 0 Å². The average molecular weight is 427 g/mol. The van der Waals surface area contributed by atoms with Gasteiger partial charge in [-0.3, -0.25) is 9.78 Å². The van der Waals surface area contributed by atoms with Crippen LogP contribution in [0.1, 0.15) is 16.7 Å². The van der Waals surface area contributed by atoms with Gasteiger partial charge in [-0.2, -0.15) is 13.2 Å². The van der Waals surface area contributed by atoms with E-state index in [1.807, 2.05) is 25.1 Å². The van der Waals surface area contributed by atoms with E-state index in [9.17, 15) is 22.4 Å². The van der Waals surface area contributed by atoms with Crippen molar-refractivity contribution >= 4 is 5.91 Å². The Balaban J connectivity index is 2.04. The summed E-state index contributed by atoms with van der Waals surface area (Å²) in [5.41, 5.74) is -0.367.